The van der Waals surface area contributed by atoms with E-state index in [9.17, 15) is 8.78 Å². The zero-order chi connectivity index (χ0) is 7.72. The number of phenolic OH excluding ortho intramolecular Hbond substituents is 1. The van der Waals surface area contributed by atoms with Crippen LogP contribution in [0.1, 0.15) is 0 Å². The second kappa shape index (κ2) is 3.39. The van der Waals surface area contributed by atoms with Gasteiger partial charge in [0, 0.05) is 12.1 Å². The van der Waals surface area contributed by atoms with Crippen LogP contribution in [0, 0.1) is 11.6 Å². The Morgan fingerprint density at radius 1 is 1.27 bits per heavy atom. The summed E-state index contributed by atoms with van der Waals surface area (Å²) in [4.78, 5) is 0. The number of hydrogen-bond acceptors (Lipinski definition) is 2. The molecule has 3 N–H and O–H groups in total. The van der Waals surface area contributed by atoms with Gasteiger partial charge in [-0.05, 0) is 0 Å². The van der Waals surface area contributed by atoms with Crippen LogP contribution in [0.25, 0.3) is 0 Å². The molecule has 0 saturated heterocycles. The number of nitrogen functional groups attached to an aromatic ring is 1. The Labute approximate surface area is 68.0 Å². The standard InChI is InChI=1S/C6H5F2NO.ClH/c7-3-1-4(9)6(8)5(10)2-3;/h1-2,10H,9H2;1H. The van der Waals surface area contributed by atoms with E-state index in [2.05, 4.69) is 0 Å². The summed E-state index contributed by atoms with van der Waals surface area (Å²) < 4.78 is 24.6. The van der Waals surface area contributed by atoms with E-state index in [4.69, 9.17) is 10.8 Å². The average molecular weight is 182 g/mol. The molecule has 0 radical (unpaired) electrons. The summed E-state index contributed by atoms with van der Waals surface area (Å²) in [5, 5.41) is 8.59. The number of rotatable bonds is 0. The van der Waals surface area contributed by atoms with E-state index >= 15 is 0 Å². The molecule has 0 spiro atoms. The molecule has 0 atom stereocenters. The van der Waals surface area contributed by atoms with E-state index in [1.807, 2.05) is 0 Å². The Balaban J connectivity index is 0.000001000. The van der Waals surface area contributed by atoms with Gasteiger partial charge in [0.1, 0.15) is 5.82 Å². The zero-order valence-corrected chi connectivity index (χ0v) is 6.16. The second-order valence-corrected chi connectivity index (χ2v) is 1.83. The van der Waals surface area contributed by atoms with Crippen molar-refractivity contribution in [2.75, 3.05) is 5.73 Å². The van der Waals surface area contributed by atoms with Crippen LogP contribution < -0.4 is 5.73 Å². The third-order valence-corrected chi connectivity index (χ3v) is 1.05. The van der Waals surface area contributed by atoms with Crippen molar-refractivity contribution in [1.82, 2.24) is 0 Å². The molecule has 0 aliphatic rings. The van der Waals surface area contributed by atoms with Gasteiger partial charge in [-0.1, -0.05) is 0 Å². The van der Waals surface area contributed by atoms with Gasteiger partial charge in [-0.3, -0.25) is 0 Å². The first-order valence-electron chi connectivity index (χ1n) is 2.54. The van der Waals surface area contributed by atoms with E-state index in [1.165, 1.54) is 0 Å². The Hall–Kier alpha value is -1.03. The molecular weight excluding hydrogens is 176 g/mol. The van der Waals surface area contributed by atoms with Crippen molar-refractivity contribution < 1.29 is 13.9 Å². The maximum absolute atomic E-state index is 12.4. The van der Waals surface area contributed by atoms with E-state index < -0.39 is 23.1 Å². The molecule has 1 rings (SSSR count). The lowest BCUT2D eigenvalue weighted by atomic mass is 10.3. The molecule has 0 aliphatic heterocycles. The second-order valence-electron chi connectivity index (χ2n) is 1.83. The first-order chi connectivity index (χ1) is 4.61. The number of halogens is 3. The van der Waals surface area contributed by atoms with Crippen LogP contribution >= 0.6 is 12.4 Å². The maximum atomic E-state index is 12.4. The number of phenols is 1. The van der Waals surface area contributed by atoms with E-state index in [0.717, 1.165) is 6.07 Å². The SMILES string of the molecule is Cl.Nc1cc(F)cc(O)c1F. The number of benzene rings is 1. The van der Waals surface area contributed by atoms with Crippen LogP contribution in [0.3, 0.4) is 0 Å². The fourth-order valence-corrected chi connectivity index (χ4v) is 0.595. The summed E-state index contributed by atoms with van der Waals surface area (Å²) in [5.74, 6) is -2.50. The van der Waals surface area contributed by atoms with Gasteiger partial charge < -0.3 is 10.8 Å². The molecule has 1 aromatic carbocycles. The summed E-state index contributed by atoms with van der Waals surface area (Å²) in [6, 6.07) is 1.46. The van der Waals surface area contributed by atoms with Crippen LogP contribution in [0.2, 0.25) is 0 Å². The highest BCUT2D eigenvalue weighted by Crippen LogP contribution is 2.21. The fraction of sp³-hybridized carbons (Fsp3) is 0. The largest absolute Gasteiger partial charge is 0.505 e. The van der Waals surface area contributed by atoms with Crippen LogP contribution in [-0.4, -0.2) is 5.11 Å². The van der Waals surface area contributed by atoms with Crippen molar-refractivity contribution in [2.24, 2.45) is 0 Å². The van der Waals surface area contributed by atoms with Crippen LogP contribution in [0.5, 0.6) is 5.75 Å². The van der Waals surface area contributed by atoms with Gasteiger partial charge in [0.15, 0.2) is 11.6 Å². The summed E-state index contributed by atoms with van der Waals surface area (Å²) in [6.07, 6.45) is 0. The Morgan fingerprint density at radius 3 is 2.27 bits per heavy atom. The first-order valence-corrected chi connectivity index (χ1v) is 2.54. The normalized spacial score (nSPS) is 8.91. The average Bonchev–Trinajstić information content (AvgIpc) is 1.82. The molecule has 5 heteroatoms. The maximum Gasteiger partial charge on any atom is 0.187 e. The van der Waals surface area contributed by atoms with Crippen LogP contribution in [0.4, 0.5) is 14.5 Å². The van der Waals surface area contributed by atoms with Crippen molar-refractivity contribution in [2.45, 2.75) is 0 Å². The number of nitrogens with two attached hydrogens (primary N) is 1. The molecule has 0 aromatic heterocycles. The van der Waals surface area contributed by atoms with Gasteiger partial charge in [0.05, 0.1) is 5.69 Å². The lowest BCUT2D eigenvalue weighted by molar-refractivity contribution is 0.428. The third-order valence-electron chi connectivity index (χ3n) is 1.05. The molecule has 0 unspecified atom stereocenters. The minimum absolute atomic E-state index is 0. The van der Waals surface area contributed by atoms with Crippen LogP contribution in [-0.2, 0) is 0 Å². The highest BCUT2D eigenvalue weighted by molar-refractivity contribution is 5.85. The lowest BCUT2D eigenvalue weighted by Crippen LogP contribution is -1.91. The molecule has 0 amide bonds. The minimum Gasteiger partial charge on any atom is -0.505 e. The molecule has 0 saturated carbocycles. The Bertz CT molecular complexity index is 244. The van der Waals surface area contributed by atoms with Crippen molar-refractivity contribution in [3.63, 3.8) is 0 Å². The third kappa shape index (κ3) is 1.94. The van der Waals surface area contributed by atoms with Crippen molar-refractivity contribution >= 4 is 18.1 Å². The first kappa shape index (κ1) is 9.97. The predicted molar refractivity (Wildman–Crippen MR) is 39.7 cm³/mol. The predicted octanol–water partition coefficient (Wildman–Crippen LogP) is 1.67. The van der Waals surface area contributed by atoms with Gasteiger partial charge in [-0.2, -0.15) is 0 Å². The van der Waals surface area contributed by atoms with Gasteiger partial charge in [-0.25, -0.2) is 8.78 Å². The molecule has 62 valence electrons. The number of hydrogen-bond donors (Lipinski definition) is 2. The fourth-order valence-electron chi connectivity index (χ4n) is 0.595. The summed E-state index contributed by atoms with van der Waals surface area (Å²) in [7, 11) is 0. The molecule has 11 heavy (non-hydrogen) atoms. The number of aromatic hydroxyl groups is 1. The molecule has 0 aliphatic carbocycles. The minimum atomic E-state index is -0.985. The van der Waals surface area contributed by atoms with E-state index in [-0.39, 0.29) is 12.4 Å². The van der Waals surface area contributed by atoms with Gasteiger partial charge in [-0.15, -0.1) is 12.4 Å². The van der Waals surface area contributed by atoms with Crippen molar-refractivity contribution in [3.05, 3.63) is 23.8 Å². The van der Waals surface area contributed by atoms with Crippen molar-refractivity contribution in [1.29, 1.82) is 0 Å². The summed E-state index contributed by atoms with van der Waals surface area (Å²) in [5.41, 5.74) is 4.56. The monoisotopic (exact) mass is 181 g/mol. The van der Waals surface area contributed by atoms with Crippen LogP contribution in [0.15, 0.2) is 12.1 Å². The highest BCUT2D eigenvalue weighted by Gasteiger charge is 2.05. The van der Waals surface area contributed by atoms with Gasteiger partial charge in [0.25, 0.3) is 0 Å². The van der Waals surface area contributed by atoms with Gasteiger partial charge in [0.2, 0.25) is 0 Å². The van der Waals surface area contributed by atoms with Crippen molar-refractivity contribution in [3.8, 4) is 5.75 Å². The molecule has 0 heterocycles. The molecule has 2 nitrogen and oxygen atoms in total. The molecule has 0 fully saturated rings. The smallest absolute Gasteiger partial charge is 0.187 e. The molecule has 1 aromatic rings. The van der Waals surface area contributed by atoms with Gasteiger partial charge >= 0.3 is 0 Å². The Kier molecular flexibility index (Phi) is 3.07. The molecular formula is C6H6ClF2NO. The lowest BCUT2D eigenvalue weighted by Gasteiger charge is -1.97. The summed E-state index contributed by atoms with van der Waals surface area (Å²) >= 11 is 0. The quantitative estimate of drug-likeness (QED) is 0.598. The topological polar surface area (TPSA) is 46.2 Å². The zero-order valence-electron chi connectivity index (χ0n) is 5.34. The summed E-state index contributed by atoms with van der Waals surface area (Å²) in [6.45, 7) is 0. The number of anilines is 1. The van der Waals surface area contributed by atoms with E-state index in [0.29, 0.717) is 6.07 Å². The molecule has 0 bridgehead atoms. The van der Waals surface area contributed by atoms with E-state index in [1.54, 1.807) is 0 Å². The highest BCUT2D eigenvalue weighted by atomic mass is 35.5. The Morgan fingerprint density at radius 2 is 1.82 bits per heavy atom.